The zero-order chi connectivity index (χ0) is 15.5. The van der Waals surface area contributed by atoms with Crippen LogP contribution in [0.2, 0.25) is 0 Å². The van der Waals surface area contributed by atoms with Gasteiger partial charge in [-0.3, -0.25) is 4.90 Å². The van der Waals surface area contributed by atoms with Gasteiger partial charge >= 0.3 is 0 Å². The van der Waals surface area contributed by atoms with Gasteiger partial charge in [0.15, 0.2) is 0 Å². The van der Waals surface area contributed by atoms with E-state index in [1.165, 1.54) is 17.5 Å². The van der Waals surface area contributed by atoms with E-state index in [2.05, 4.69) is 69.1 Å². The van der Waals surface area contributed by atoms with Crippen molar-refractivity contribution in [3.8, 4) is 0 Å². The van der Waals surface area contributed by atoms with Crippen LogP contribution in [0.3, 0.4) is 0 Å². The highest BCUT2D eigenvalue weighted by molar-refractivity contribution is 5.27. The standard InChI is InChI=1S/C19H32N2/c1-6-15(2)18-13-20-11-12-21(18)14-16-7-9-17(10-8-16)19(3,4)5/h7-10,15,18,20H,6,11-14H2,1-5H3. The summed E-state index contributed by atoms with van der Waals surface area (Å²) in [4.78, 5) is 2.66. The van der Waals surface area contributed by atoms with Crippen molar-refractivity contribution >= 4 is 0 Å². The predicted octanol–water partition coefficient (Wildman–Crippen LogP) is 3.80. The molecule has 0 saturated carbocycles. The Morgan fingerprint density at radius 2 is 1.90 bits per heavy atom. The molecule has 0 spiro atoms. The minimum atomic E-state index is 0.243. The normalized spacial score (nSPS) is 22.2. The van der Waals surface area contributed by atoms with Crippen molar-refractivity contribution in [2.45, 2.75) is 59.0 Å². The van der Waals surface area contributed by atoms with E-state index < -0.39 is 0 Å². The van der Waals surface area contributed by atoms with Gasteiger partial charge in [0.05, 0.1) is 0 Å². The Hall–Kier alpha value is -0.860. The minimum absolute atomic E-state index is 0.243. The van der Waals surface area contributed by atoms with Crippen LogP contribution < -0.4 is 5.32 Å². The fourth-order valence-electron chi connectivity index (χ4n) is 3.14. The first kappa shape index (κ1) is 16.5. The highest BCUT2D eigenvalue weighted by Gasteiger charge is 2.26. The number of hydrogen-bond acceptors (Lipinski definition) is 2. The third kappa shape index (κ3) is 4.31. The molecular formula is C19H32N2. The van der Waals surface area contributed by atoms with Crippen LogP contribution in [-0.4, -0.2) is 30.6 Å². The molecule has 0 radical (unpaired) electrons. The third-order valence-corrected chi connectivity index (χ3v) is 4.90. The summed E-state index contributed by atoms with van der Waals surface area (Å²) in [6, 6.07) is 9.91. The maximum absolute atomic E-state index is 3.55. The van der Waals surface area contributed by atoms with Crippen LogP contribution in [0.15, 0.2) is 24.3 Å². The maximum Gasteiger partial charge on any atom is 0.0250 e. The van der Waals surface area contributed by atoms with Crippen LogP contribution in [0, 0.1) is 5.92 Å². The van der Waals surface area contributed by atoms with Crippen molar-refractivity contribution in [2.24, 2.45) is 5.92 Å². The average molecular weight is 288 g/mol. The second-order valence-electron chi connectivity index (χ2n) is 7.57. The lowest BCUT2D eigenvalue weighted by atomic mass is 9.86. The van der Waals surface area contributed by atoms with Gasteiger partial charge in [0.2, 0.25) is 0 Å². The van der Waals surface area contributed by atoms with E-state index >= 15 is 0 Å². The van der Waals surface area contributed by atoms with Gasteiger partial charge in [-0.2, -0.15) is 0 Å². The molecule has 0 aromatic heterocycles. The zero-order valence-corrected chi connectivity index (χ0v) is 14.4. The highest BCUT2D eigenvalue weighted by atomic mass is 15.2. The molecule has 2 nitrogen and oxygen atoms in total. The molecular weight excluding hydrogens is 256 g/mol. The van der Waals surface area contributed by atoms with Crippen molar-refractivity contribution in [1.29, 1.82) is 0 Å². The molecule has 2 heteroatoms. The topological polar surface area (TPSA) is 15.3 Å². The number of benzene rings is 1. The molecule has 1 N–H and O–H groups in total. The minimum Gasteiger partial charge on any atom is -0.314 e. The molecule has 1 fully saturated rings. The lowest BCUT2D eigenvalue weighted by Crippen LogP contribution is -2.53. The van der Waals surface area contributed by atoms with Crippen molar-refractivity contribution in [3.05, 3.63) is 35.4 Å². The SMILES string of the molecule is CCC(C)C1CNCCN1Cc1ccc(C(C)(C)C)cc1. The van der Waals surface area contributed by atoms with E-state index in [9.17, 15) is 0 Å². The number of nitrogens with one attached hydrogen (secondary N) is 1. The third-order valence-electron chi connectivity index (χ3n) is 4.90. The summed E-state index contributed by atoms with van der Waals surface area (Å²) in [7, 11) is 0. The lowest BCUT2D eigenvalue weighted by molar-refractivity contribution is 0.109. The monoisotopic (exact) mass is 288 g/mol. The van der Waals surface area contributed by atoms with E-state index in [1.807, 2.05) is 0 Å². The number of hydrogen-bond donors (Lipinski definition) is 1. The largest absolute Gasteiger partial charge is 0.314 e. The summed E-state index contributed by atoms with van der Waals surface area (Å²) in [5.41, 5.74) is 3.11. The van der Waals surface area contributed by atoms with E-state index in [4.69, 9.17) is 0 Å². The second kappa shape index (κ2) is 6.93. The molecule has 0 aliphatic carbocycles. The van der Waals surface area contributed by atoms with E-state index in [-0.39, 0.29) is 5.41 Å². The number of nitrogens with zero attached hydrogens (tertiary/aromatic N) is 1. The van der Waals surface area contributed by atoms with Crippen LogP contribution in [0.5, 0.6) is 0 Å². The van der Waals surface area contributed by atoms with Crippen LogP contribution in [0.4, 0.5) is 0 Å². The van der Waals surface area contributed by atoms with E-state index in [1.54, 1.807) is 0 Å². The number of rotatable bonds is 4. The molecule has 1 saturated heterocycles. The van der Waals surface area contributed by atoms with Crippen molar-refractivity contribution in [2.75, 3.05) is 19.6 Å². The quantitative estimate of drug-likeness (QED) is 0.906. The Bertz CT molecular complexity index is 430. The molecule has 21 heavy (non-hydrogen) atoms. The molecule has 0 amide bonds. The van der Waals surface area contributed by atoms with Gasteiger partial charge in [-0.1, -0.05) is 65.3 Å². The molecule has 118 valence electrons. The Balaban J connectivity index is 2.05. The Labute approximate surface area is 130 Å². The molecule has 1 aromatic carbocycles. The van der Waals surface area contributed by atoms with Gasteiger partial charge in [-0.15, -0.1) is 0 Å². The van der Waals surface area contributed by atoms with Gasteiger partial charge in [0, 0.05) is 32.2 Å². The number of piperazine rings is 1. The van der Waals surface area contributed by atoms with Crippen molar-refractivity contribution in [1.82, 2.24) is 10.2 Å². The average Bonchev–Trinajstić information content (AvgIpc) is 2.46. The summed E-state index contributed by atoms with van der Waals surface area (Å²) in [5, 5.41) is 3.55. The van der Waals surface area contributed by atoms with Crippen LogP contribution >= 0.6 is 0 Å². The molecule has 1 heterocycles. The zero-order valence-electron chi connectivity index (χ0n) is 14.4. The van der Waals surface area contributed by atoms with Gasteiger partial charge in [-0.05, 0) is 22.5 Å². The molecule has 0 bridgehead atoms. The highest BCUT2D eigenvalue weighted by Crippen LogP contribution is 2.24. The first-order valence-corrected chi connectivity index (χ1v) is 8.46. The first-order valence-electron chi connectivity index (χ1n) is 8.46. The summed E-state index contributed by atoms with van der Waals surface area (Å²) >= 11 is 0. The van der Waals surface area contributed by atoms with E-state index in [0.29, 0.717) is 6.04 Å². The van der Waals surface area contributed by atoms with Gasteiger partial charge < -0.3 is 5.32 Å². The smallest absolute Gasteiger partial charge is 0.0250 e. The van der Waals surface area contributed by atoms with Gasteiger partial charge in [0.1, 0.15) is 0 Å². The molecule has 2 rings (SSSR count). The maximum atomic E-state index is 3.55. The van der Waals surface area contributed by atoms with E-state index in [0.717, 1.165) is 32.1 Å². The first-order chi connectivity index (χ1) is 9.91. The molecule has 1 aromatic rings. The fourth-order valence-corrected chi connectivity index (χ4v) is 3.14. The second-order valence-corrected chi connectivity index (χ2v) is 7.57. The molecule has 1 aliphatic rings. The summed E-state index contributed by atoms with van der Waals surface area (Å²) in [6.07, 6.45) is 1.26. The Morgan fingerprint density at radius 1 is 1.24 bits per heavy atom. The lowest BCUT2D eigenvalue weighted by Gasteiger charge is -2.39. The van der Waals surface area contributed by atoms with Crippen molar-refractivity contribution in [3.63, 3.8) is 0 Å². The summed E-state index contributed by atoms with van der Waals surface area (Å²) in [5.74, 6) is 0.756. The molecule has 2 unspecified atom stereocenters. The molecule has 1 aliphatic heterocycles. The fraction of sp³-hybridized carbons (Fsp3) is 0.684. The van der Waals surface area contributed by atoms with Gasteiger partial charge in [-0.25, -0.2) is 0 Å². The summed E-state index contributed by atoms with van der Waals surface area (Å²) < 4.78 is 0. The van der Waals surface area contributed by atoms with Crippen LogP contribution in [0.25, 0.3) is 0 Å². The van der Waals surface area contributed by atoms with Crippen molar-refractivity contribution < 1.29 is 0 Å². The molecule has 2 atom stereocenters. The van der Waals surface area contributed by atoms with Gasteiger partial charge in [0.25, 0.3) is 0 Å². The Morgan fingerprint density at radius 3 is 2.48 bits per heavy atom. The van der Waals surface area contributed by atoms with Crippen LogP contribution in [0.1, 0.15) is 52.2 Å². The van der Waals surface area contributed by atoms with Crippen LogP contribution in [-0.2, 0) is 12.0 Å². The Kier molecular flexibility index (Phi) is 5.45. The summed E-state index contributed by atoms with van der Waals surface area (Å²) in [6.45, 7) is 16.0. The predicted molar refractivity (Wildman–Crippen MR) is 91.7 cm³/mol.